The quantitative estimate of drug-likeness (QED) is 0.751. The van der Waals surface area contributed by atoms with E-state index in [0.717, 1.165) is 20.5 Å². The van der Waals surface area contributed by atoms with Crippen LogP contribution in [0.3, 0.4) is 0 Å². The van der Waals surface area contributed by atoms with Gasteiger partial charge in [0.15, 0.2) is 0 Å². The number of rotatable bonds is 4. The largest absolute Gasteiger partial charge is 0.375 e. The molecule has 0 unspecified atom stereocenters. The molecule has 20 heavy (non-hydrogen) atoms. The van der Waals surface area contributed by atoms with Gasteiger partial charge in [-0.15, -0.1) is 0 Å². The van der Waals surface area contributed by atoms with Crippen LogP contribution in [0.15, 0.2) is 42.5 Å². The van der Waals surface area contributed by atoms with Crippen molar-refractivity contribution in [3.8, 4) is 0 Å². The van der Waals surface area contributed by atoms with Crippen LogP contribution in [0.4, 0.5) is 11.4 Å². The Morgan fingerprint density at radius 3 is 2.70 bits per heavy atom. The van der Waals surface area contributed by atoms with Gasteiger partial charge in [0.25, 0.3) is 0 Å². The Balaban J connectivity index is 1.96. The standard InChI is InChI=1S/C15H14ClIN2O/c1-10-6-7-11(16)8-14(10)19-15(20)9-18-13-5-3-2-4-12(13)17/h2-8,18H,9H2,1H3,(H,19,20). The first-order chi connectivity index (χ1) is 9.56. The number of aryl methyl sites for hydroxylation is 1. The lowest BCUT2D eigenvalue weighted by Gasteiger charge is -2.11. The molecule has 0 heterocycles. The van der Waals surface area contributed by atoms with Crippen LogP contribution in [0, 0.1) is 10.5 Å². The fraction of sp³-hybridized carbons (Fsp3) is 0.133. The Bertz CT molecular complexity index is 631. The van der Waals surface area contributed by atoms with E-state index < -0.39 is 0 Å². The lowest BCUT2D eigenvalue weighted by atomic mass is 10.2. The zero-order chi connectivity index (χ0) is 14.5. The molecule has 1 amide bonds. The number of hydrogen-bond donors (Lipinski definition) is 2. The molecule has 0 aromatic heterocycles. The molecule has 104 valence electrons. The van der Waals surface area contributed by atoms with E-state index in [0.29, 0.717) is 5.02 Å². The molecule has 2 N–H and O–H groups in total. The Labute approximate surface area is 136 Å². The highest BCUT2D eigenvalue weighted by molar-refractivity contribution is 14.1. The van der Waals surface area contributed by atoms with Crippen molar-refractivity contribution in [1.29, 1.82) is 0 Å². The number of anilines is 2. The zero-order valence-electron chi connectivity index (χ0n) is 10.9. The predicted octanol–water partition coefficient (Wildman–Crippen LogP) is 4.30. The van der Waals surface area contributed by atoms with Gasteiger partial charge in [0.05, 0.1) is 6.54 Å². The number of carbonyl (C=O) groups is 1. The molecule has 0 aliphatic carbocycles. The number of nitrogens with one attached hydrogen (secondary N) is 2. The first-order valence-corrected chi connectivity index (χ1v) is 7.56. The van der Waals surface area contributed by atoms with Gasteiger partial charge in [-0.05, 0) is 59.3 Å². The first kappa shape index (κ1) is 15.1. The van der Waals surface area contributed by atoms with E-state index in [9.17, 15) is 4.79 Å². The highest BCUT2D eigenvalue weighted by Crippen LogP contribution is 2.20. The van der Waals surface area contributed by atoms with Crippen molar-refractivity contribution in [2.75, 3.05) is 17.2 Å². The summed E-state index contributed by atoms with van der Waals surface area (Å²) in [6.45, 7) is 2.14. The molecule has 2 aromatic carbocycles. The van der Waals surface area contributed by atoms with Crippen LogP contribution >= 0.6 is 34.2 Å². The highest BCUT2D eigenvalue weighted by atomic mass is 127. The molecule has 0 saturated carbocycles. The lowest BCUT2D eigenvalue weighted by Crippen LogP contribution is -2.22. The summed E-state index contributed by atoms with van der Waals surface area (Å²) in [6, 6.07) is 13.3. The van der Waals surface area contributed by atoms with E-state index in [-0.39, 0.29) is 12.5 Å². The molecule has 0 bridgehead atoms. The maximum absolute atomic E-state index is 11.9. The number of benzene rings is 2. The minimum Gasteiger partial charge on any atom is -0.375 e. The summed E-state index contributed by atoms with van der Waals surface area (Å²) in [5, 5.41) is 6.57. The predicted molar refractivity (Wildman–Crippen MR) is 92.5 cm³/mol. The summed E-state index contributed by atoms with van der Waals surface area (Å²) in [7, 11) is 0. The van der Waals surface area contributed by atoms with E-state index in [1.807, 2.05) is 37.3 Å². The van der Waals surface area contributed by atoms with E-state index in [4.69, 9.17) is 11.6 Å². The molecular weight excluding hydrogens is 387 g/mol. The van der Waals surface area contributed by atoms with Crippen LogP contribution in [0.25, 0.3) is 0 Å². The van der Waals surface area contributed by atoms with Crippen molar-refractivity contribution >= 4 is 51.5 Å². The normalized spacial score (nSPS) is 10.2. The van der Waals surface area contributed by atoms with Gasteiger partial charge in [0, 0.05) is 20.0 Å². The van der Waals surface area contributed by atoms with Crippen molar-refractivity contribution in [3.05, 3.63) is 56.6 Å². The number of halogens is 2. The van der Waals surface area contributed by atoms with Gasteiger partial charge in [-0.25, -0.2) is 0 Å². The molecule has 0 atom stereocenters. The van der Waals surface area contributed by atoms with Crippen molar-refractivity contribution in [2.45, 2.75) is 6.92 Å². The second kappa shape index (κ2) is 6.95. The first-order valence-electron chi connectivity index (χ1n) is 6.10. The van der Waals surface area contributed by atoms with Gasteiger partial charge in [0.2, 0.25) is 5.91 Å². The third kappa shape index (κ3) is 4.11. The van der Waals surface area contributed by atoms with Crippen molar-refractivity contribution in [2.24, 2.45) is 0 Å². The van der Waals surface area contributed by atoms with Crippen LogP contribution in [0.1, 0.15) is 5.56 Å². The number of amides is 1. The summed E-state index contributed by atoms with van der Waals surface area (Å²) in [6.07, 6.45) is 0. The number of para-hydroxylation sites is 1. The van der Waals surface area contributed by atoms with Gasteiger partial charge in [0.1, 0.15) is 0 Å². The fourth-order valence-corrected chi connectivity index (χ4v) is 2.45. The van der Waals surface area contributed by atoms with E-state index >= 15 is 0 Å². The smallest absolute Gasteiger partial charge is 0.243 e. The molecule has 2 rings (SSSR count). The SMILES string of the molecule is Cc1ccc(Cl)cc1NC(=O)CNc1ccccc1I. The second-order valence-corrected chi connectivity index (χ2v) is 5.94. The minimum atomic E-state index is -0.102. The van der Waals surface area contributed by atoms with E-state index in [1.54, 1.807) is 12.1 Å². The molecule has 2 aromatic rings. The third-order valence-corrected chi connectivity index (χ3v) is 3.96. The number of hydrogen-bond acceptors (Lipinski definition) is 2. The fourth-order valence-electron chi connectivity index (χ4n) is 1.70. The Kier molecular flexibility index (Phi) is 5.25. The van der Waals surface area contributed by atoms with E-state index in [2.05, 4.69) is 33.2 Å². The topological polar surface area (TPSA) is 41.1 Å². The van der Waals surface area contributed by atoms with Gasteiger partial charge in [-0.1, -0.05) is 29.8 Å². The molecule has 0 radical (unpaired) electrons. The highest BCUT2D eigenvalue weighted by Gasteiger charge is 2.06. The average molecular weight is 401 g/mol. The van der Waals surface area contributed by atoms with Gasteiger partial charge >= 0.3 is 0 Å². The number of carbonyl (C=O) groups excluding carboxylic acids is 1. The van der Waals surface area contributed by atoms with Crippen LogP contribution in [0.2, 0.25) is 5.02 Å². The molecule has 0 aliphatic rings. The van der Waals surface area contributed by atoms with Crippen LogP contribution in [-0.2, 0) is 4.79 Å². The Hall–Kier alpha value is -1.27. The maximum atomic E-state index is 11.9. The van der Waals surface area contributed by atoms with E-state index in [1.165, 1.54) is 0 Å². The minimum absolute atomic E-state index is 0.102. The molecule has 0 aliphatic heterocycles. The van der Waals surface area contributed by atoms with Crippen LogP contribution in [-0.4, -0.2) is 12.5 Å². The molecule has 5 heteroatoms. The summed E-state index contributed by atoms with van der Waals surface area (Å²) < 4.78 is 1.08. The summed E-state index contributed by atoms with van der Waals surface area (Å²) in [5.74, 6) is -0.102. The van der Waals surface area contributed by atoms with Gasteiger partial charge < -0.3 is 10.6 Å². The summed E-state index contributed by atoms with van der Waals surface area (Å²) in [5.41, 5.74) is 2.68. The van der Waals surface area contributed by atoms with Crippen LogP contribution < -0.4 is 10.6 Å². The summed E-state index contributed by atoms with van der Waals surface area (Å²) in [4.78, 5) is 11.9. The maximum Gasteiger partial charge on any atom is 0.243 e. The van der Waals surface area contributed by atoms with Crippen molar-refractivity contribution in [1.82, 2.24) is 0 Å². The van der Waals surface area contributed by atoms with Crippen LogP contribution in [0.5, 0.6) is 0 Å². The lowest BCUT2D eigenvalue weighted by molar-refractivity contribution is -0.114. The average Bonchev–Trinajstić information content (AvgIpc) is 2.42. The monoisotopic (exact) mass is 400 g/mol. The molecule has 0 fully saturated rings. The third-order valence-electron chi connectivity index (χ3n) is 2.79. The second-order valence-electron chi connectivity index (χ2n) is 4.34. The molecule has 0 spiro atoms. The molecular formula is C15H14ClIN2O. The molecule has 3 nitrogen and oxygen atoms in total. The zero-order valence-corrected chi connectivity index (χ0v) is 13.8. The van der Waals surface area contributed by atoms with Gasteiger partial charge in [-0.2, -0.15) is 0 Å². The summed E-state index contributed by atoms with van der Waals surface area (Å²) >= 11 is 8.15. The van der Waals surface area contributed by atoms with Gasteiger partial charge in [-0.3, -0.25) is 4.79 Å². The molecule has 0 saturated heterocycles. The Morgan fingerprint density at radius 1 is 1.20 bits per heavy atom. The van der Waals surface area contributed by atoms with Crippen molar-refractivity contribution < 1.29 is 4.79 Å². The Morgan fingerprint density at radius 2 is 1.95 bits per heavy atom. The van der Waals surface area contributed by atoms with Crippen molar-refractivity contribution in [3.63, 3.8) is 0 Å².